The van der Waals surface area contributed by atoms with Crippen LogP contribution in [0.2, 0.25) is 0 Å². The van der Waals surface area contributed by atoms with Crippen LogP contribution in [-0.2, 0) is 4.79 Å². The van der Waals surface area contributed by atoms with Gasteiger partial charge in [0.15, 0.2) is 0 Å². The summed E-state index contributed by atoms with van der Waals surface area (Å²) >= 11 is 0. The molecule has 0 spiro atoms. The lowest BCUT2D eigenvalue weighted by molar-refractivity contribution is -0.134. The van der Waals surface area contributed by atoms with Gasteiger partial charge in [-0.2, -0.15) is 0 Å². The largest absolute Gasteiger partial charge is 0.339 e. The van der Waals surface area contributed by atoms with Crippen LogP contribution in [0.1, 0.15) is 64.9 Å². The molecule has 1 amide bonds. The molecule has 3 aliphatic carbocycles. The highest BCUT2D eigenvalue weighted by Crippen LogP contribution is 2.66. The predicted molar refractivity (Wildman–Crippen MR) is 108 cm³/mol. The fourth-order valence-electron chi connectivity index (χ4n) is 7.73. The van der Waals surface area contributed by atoms with Gasteiger partial charge in [-0.25, -0.2) is 0 Å². The van der Waals surface area contributed by atoms with E-state index in [1.54, 1.807) is 12.5 Å². The van der Waals surface area contributed by atoms with Crippen molar-refractivity contribution >= 4 is 11.5 Å². The maximum Gasteiger partial charge on any atom is 0.219 e. The number of allylic oxidation sites excluding steroid dienone is 2. The van der Waals surface area contributed by atoms with Crippen molar-refractivity contribution in [3.8, 4) is 0 Å². The van der Waals surface area contributed by atoms with Crippen LogP contribution >= 0.6 is 0 Å². The Morgan fingerprint density at radius 2 is 2.04 bits per heavy atom. The molecule has 3 fully saturated rings. The molecule has 3 heteroatoms. The molecule has 6 atom stereocenters. The van der Waals surface area contributed by atoms with E-state index in [9.17, 15) is 4.79 Å². The third-order valence-electron chi connectivity index (χ3n) is 9.04. The van der Waals surface area contributed by atoms with Gasteiger partial charge in [0.25, 0.3) is 0 Å². The van der Waals surface area contributed by atoms with E-state index in [-0.39, 0.29) is 5.91 Å². The van der Waals surface area contributed by atoms with Crippen molar-refractivity contribution in [1.82, 2.24) is 9.88 Å². The normalized spacial score (nSPS) is 42.9. The second kappa shape index (κ2) is 5.93. The van der Waals surface area contributed by atoms with E-state index in [0.717, 1.165) is 24.3 Å². The zero-order chi connectivity index (χ0) is 18.8. The minimum Gasteiger partial charge on any atom is -0.339 e. The van der Waals surface area contributed by atoms with Gasteiger partial charge in [0.1, 0.15) is 0 Å². The quantitative estimate of drug-likeness (QED) is 0.707. The first-order valence-electron chi connectivity index (χ1n) is 10.8. The maximum atomic E-state index is 12.1. The van der Waals surface area contributed by atoms with E-state index in [2.05, 4.69) is 41.9 Å². The molecule has 0 N–H and O–H groups in total. The molecular weight excluding hydrogens is 332 g/mol. The van der Waals surface area contributed by atoms with E-state index in [4.69, 9.17) is 0 Å². The Morgan fingerprint density at radius 3 is 2.78 bits per heavy atom. The number of fused-ring (bicyclic) bond motifs is 5. The number of pyridine rings is 1. The summed E-state index contributed by atoms with van der Waals surface area (Å²) in [5.74, 6) is 2.63. The Morgan fingerprint density at radius 1 is 1.19 bits per heavy atom. The van der Waals surface area contributed by atoms with Crippen LogP contribution in [0.25, 0.3) is 5.57 Å². The van der Waals surface area contributed by atoms with Crippen molar-refractivity contribution in [2.75, 3.05) is 6.54 Å². The number of nitrogens with zero attached hydrogens (tertiary/aromatic N) is 2. The molecule has 27 heavy (non-hydrogen) atoms. The summed E-state index contributed by atoms with van der Waals surface area (Å²) in [6.07, 6.45) is 14.0. The Hall–Kier alpha value is -1.64. The van der Waals surface area contributed by atoms with Crippen molar-refractivity contribution in [3.63, 3.8) is 0 Å². The summed E-state index contributed by atoms with van der Waals surface area (Å²) in [4.78, 5) is 18.7. The van der Waals surface area contributed by atoms with Gasteiger partial charge in [0.05, 0.1) is 0 Å². The highest BCUT2D eigenvalue weighted by Gasteiger charge is 2.60. The summed E-state index contributed by atoms with van der Waals surface area (Å²) in [6.45, 7) is 7.76. The SMILES string of the molecule is CC(=O)N1CC[C@@]2(C)C1CCC1[C@@H]3CC=C(c4cccnc4)C3(C)CC[C@@H]12. The van der Waals surface area contributed by atoms with Crippen LogP contribution in [-0.4, -0.2) is 28.4 Å². The average molecular weight is 365 g/mol. The maximum absolute atomic E-state index is 12.1. The zero-order valence-electron chi connectivity index (χ0n) is 16.9. The molecule has 2 heterocycles. The molecule has 4 aliphatic rings. The number of likely N-dealkylation sites (tertiary alicyclic amines) is 1. The van der Waals surface area contributed by atoms with Crippen molar-refractivity contribution < 1.29 is 4.79 Å². The summed E-state index contributed by atoms with van der Waals surface area (Å²) in [5.41, 5.74) is 3.49. The first kappa shape index (κ1) is 17.5. The first-order valence-corrected chi connectivity index (χ1v) is 10.8. The van der Waals surface area contributed by atoms with Crippen molar-refractivity contribution in [1.29, 1.82) is 0 Å². The van der Waals surface area contributed by atoms with Gasteiger partial charge in [0, 0.05) is 31.9 Å². The fourth-order valence-corrected chi connectivity index (χ4v) is 7.73. The number of amides is 1. The summed E-state index contributed by atoms with van der Waals surface area (Å²) in [6, 6.07) is 4.78. The number of rotatable bonds is 1. The molecule has 3 unspecified atom stereocenters. The second-order valence-corrected chi connectivity index (χ2v) is 9.99. The van der Waals surface area contributed by atoms with Crippen LogP contribution in [0.5, 0.6) is 0 Å². The van der Waals surface area contributed by atoms with E-state index < -0.39 is 0 Å². The Kier molecular flexibility index (Phi) is 3.83. The molecule has 2 saturated carbocycles. The van der Waals surface area contributed by atoms with Crippen LogP contribution in [0.3, 0.4) is 0 Å². The highest BCUT2D eigenvalue weighted by atomic mass is 16.2. The number of hydrogen-bond donors (Lipinski definition) is 0. The summed E-state index contributed by atoms with van der Waals surface area (Å²) in [5, 5.41) is 0. The molecule has 3 nitrogen and oxygen atoms in total. The van der Waals surface area contributed by atoms with Gasteiger partial charge in [-0.3, -0.25) is 9.78 Å². The Balaban J connectivity index is 1.44. The molecule has 1 saturated heterocycles. The molecule has 0 radical (unpaired) electrons. The molecule has 0 bridgehead atoms. The minimum absolute atomic E-state index is 0.282. The molecule has 1 aromatic rings. The van der Waals surface area contributed by atoms with Gasteiger partial charge in [0.2, 0.25) is 5.91 Å². The number of aromatic nitrogens is 1. The highest BCUT2D eigenvalue weighted by molar-refractivity contribution is 5.74. The molecule has 1 aliphatic heterocycles. The third-order valence-corrected chi connectivity index (χ3v) is 9.04. The van der Waals surface area contributed by atoms with Crippen molar-refractivity contribution in [2.24, 2.45) is 28.6 Å². The van der Waals surface area contributed by atoms with Crippen molar-refractivity contribution in [2.45, 2.75) is 65.3 Å². The van der Waals surface area contributed by atoms with E-state index in [0.29, 0.717) is 16.9 Å². The summed E-state index contributed by atoms with van der Waals surface area (Å²) in [7, 11) is 0. The van der Waals surface area contributed by atoms with Crippen molar-refractivity contribution in [3.05, 3.63) is 36.2 Å². The molecular formula is C24H32N2O. The van der Waals surface area contributed by atoms with Crippen LogP contribution in [0.4, 0.5) is 0 Å². The Bertz CT molecular complexity index is 787. The molecule has 0 aromatic carbocycles. The molecule has 144 valence electrons. The standard InChI is InChI=1S/C24H32N2O/c1-16(27)26-14-12-24(3)21-10-11-23(2)19(17-5-4-13-25-15-17)7-8-20(23)18(21)6-9-22(24)26/h4-5,7,13,15,18,20-22H,6,8-12,14H2,1-3H3/t18?,20-,21-,22?,23?,24+/m0/s1. The van der Waals surface area contributed by atoms with Crippen LogP contribution in [0.15, 0.2) is 30.6 Å². The summed E-state index contributed by atoms with van der Waals surface area (Å²) < 4.78 is 0. The van der Waals surface area contributed by atoms with Gasteiger partial charge in [-0.15, -0.1) is 0 Å². The second-order valence-electron chi connectivity index (χ2n) is 9.99. The lowest BCUT2D eigenvalue weighted by Gasteiger charge is -2.57. The molecule has 1 aromatic heterocycles. The smallest absolute Gasteiger partial charge is 0.219 e. The van der Waals surface area contributed by atoms with E-state index in [1.807, 2.05) is 12.4 Å². The third kappa shape index (κ3) is 2.33. The van der Waals surface area contributed by atoms with Gasteiger partial charge in [-0.1, -0.05) is 26.0 Å². The zero-order valence-corrected chi connectivity index (χ0v) is 16.9. The van der Waals surface area contributed by atoms with Crippen LogP contribution < -0.4 is 0 Å². The van der Waals surface area contributed by atoms with Crippen LogP contribution in [0, 0.1) is 28.6 Å². The average Bonchev–Trinajstić information content (AvgIpc) is 3.19. The number of hydrogen-bond acceptors (Lipinski definition) is 2. The van der Waals surface area contributed by atoms with E-state index in [1.165, 1.54) is 44.1 Å². The van der Waals surface area contributed by atoms with Gasteiger partial charge in [-0.05, 0) is 84.3 Å². The predicted octanol–water partition coefficient (Wildman–Crippen LogP) is 4.94. The number of carbonyl (C=O) groups excluding carboxylic acids is 1. The van der Waals surface area contributed by atoms with Gasteiger partial charge >= 0.3 is 0 Å². The fraction of sp³-hybridized carbons (Fsp3) is 0.667. The lowest BCUT2D eigenvalue weighted by Crippen LogP contribution is -2.54. The molecule has 5 rings (SSSR count). The Labute approximate surface area is 163 Å². The monoisotopic (exact) mass is 364 g/mol. The minimum atomic E-state index is 0.282. The lowest BCUT2D eigenvalue weighted by atomic mass is 9.48. The number of carbonyl (C=O) groups is 1. The van der Waals surface area contributed by atoms with Gasteiger partial charge < -0.3 is 4.90 Å². The first-order chi connectivity index (χ1) is 12.9. The topological polar surface area (TPSA) is 33.2 Å². The van der Waals surface area contributed by atoms with E-state index >= 15 is 0 Å².